The van der Waals surface area contributed by atoms with Crippen LogP contribution in [0.5, 0.6) is 0 Å². The zero-order chi connectivity index (χ0) is 17.0. The molecule has 2 N–H and O–H groups in total. The van der Waals surface area contributed by atoms with Gasteiger partial charge in [0.25, 0.3) is 10.0 Å². The van der Waals surface area contributed by atoms with Crippen molar-refractivity contribution >= 4 is 38.9 Å². The van der Waals surface area contributed by atoms with Gasteiger partial charge in [-0.25, -0.2) is 8.42 Å². The van der Waals surface area contributed by atoms with Crippen molar-refractivity contribution in [2.24, 2.45) is 0 Å². The number of rotatable bonds is 4. The summed E-state index contributed by atoms with van der Waals surface area (Å²) < 4.78 is 27.1. The second-order valence-electron chi connectivity index (χ2n) is 4.62. The molecule has 0 aliphatic carbocycles. The number of carbonyl (C=O) groups excluding carboxylic acids is 1. The Hall–Kier alpha value is -2.56. The summed E-state index contributed by atoms with van der Waals surface area (Å²) in [6, 6.07) is 12.0. The summed E-state index contributed by atoms with van der Waals surface area (Å²) in [5.41, 5.74) is 0.950. The molecule has 0 radical (unpaired) electrons. The molecule has 6 nitrogen and oxygen atoms in total. The van der Waals surface area contributed by atoms with Crippen molar-refractivity contribution in [3.63, 3.8) is 0 Å². The first-order valence-corrected chi connectivity index (χ1v) is 8.28. The zero-order valence-corrected chi connectivity index (χ0v) is 13.6. The average Bonchev–Trinajstić information content (AvgIpc) is 2.46. The van der Waals surface area contributed by atoms with Crippen LogP contribution in [0.1, 0.15) is 12.5 Å². The molecule has 0 atom stereocenters. The van der Waals surface area contributed by atoms with Crippen LogP contribution in [0.25, 0.3) is 0 Å². The molecule has 0 fully saturated rings. The fraction of sp³-hybridized carbons (Fsp3) is 0.0667. The molecule has 0 saturated carbocycles. The van der Waals surface area contributed by atoms with Crippen molar-refractivity contribution in [1.29, 1.82) is 5.26 Å². The maximum atomic E-state index is 12.3. The number of hydrogen-bond acceptors (Lipinski definition) is 4. The van der Waals surface area contributed by atoms with Crippen LogP contribution in [0, 0.1) is 11.3 Å². The Bertz CT molecular complexity index is 904. The quantitative estimate of drug-likeness (QED) is 0.886. The average molecular weight is 350 g/mol. The van der Waals surface area contributed by atoms with Crippen molar-refractivity contribution in [2.75, 3.05) is 10.0 Å². The van der Waals surface area contributed by atoms with E-state index in [1.807, 2.05) is 6.07 Å². The molecule has 8 heteroatoms. The third-order valence-corrected chi connectivity index (χ3v) is 4.50. The topological polar surface area (TPSA) is 99.1 Å². The van der Waals surface area contributed by atoms with Crippen LogP contribution in [-0.2, 0) is 14.8 Å². The Labute approximate surface area is 138 Å². The van der Waals surface area contributed by atoms with Gasteiger partial charge in [-0.05, 0) is 36.4 Å². The second kappa shape index (κ2) is 6.69. The number of halogens is 1. The largest absolute Gasteiger partial charge is 0.326 e. The minimum Gasteiger partial charge on any atom is -0.326 e. The van der Waals surface area contributed by atoms with Crippen LogP contribution in [0.4, 0.5) is 11.4 Å². The van der Waals surface area contributed by atoms with E-state index in [1.165, 1.54) is 31.2 Å². The van der Waals surface area contributed by atoms with E-state index in [0.29, 0.717) is 5.69 Å². The Morgan fingerprint density at radius 3 is 2.48 bits per heavy atom. The molecule has 0 aliphatic heterocycles. The van der Waals surface area contributed by atoms with Crippen LogP contribution < -0.4 is 10.0 Å². The smallest absolute Gasteiger partial charge is 0.261 e. The molecule has 2 aromatic carbocycles. The van der Waals surface area contributed by atoms with Crippen LogP contribution in [0.3, 0.4) is 0 Å². The van der Waals surface area contributed by atoms with Crippen LogP contribution in [0.2, 0.25) is 5.02 Å². The van der Waals surface area contributed by atoms with E-state index in [9.17, 15) is 13.2 Å². The van der Waals surface area contributed by atoms with Gasteiger partial charge in [0.05, 0.1) is 21.2 Å². The van der Waals surface area contributed by atoms with E-state index < -0.39 is 10.0 Å². The van der Waals surface area contributed by atoms with Gasteiger partial charge >= 0.3 is 0 Å². The highest BCUT2D eigenvalue weighted by Crippen LogP contribution is 2.23. The van der Waals surface area contributed by atoms with Gasteiger partial charge in [-0.1, -0.05) is 17.7 Å². The number of nitriles is 1. The molecule has 0 heterocycles. The first-order chi connectivity index (χ1) is 10.8. The van der Waals surface area contributed by atoms with Gasteiger partial charge in [0.15, 0.2) is 0 Å². The number of anilines is 2. The summed E-state index contributed by atoms with van der Waals surface area (Å²) in [5, 5.41) is 11.4. The molecule has 2 aromatic rings. The van der Waals surface area contributed by atoms with Crippen molar-refractivity contribution in [1.82, 2.24) is 0 Å². The Kier molecular flexibility index (Phi) is 4.89. The standard InChI is InChI=1S/C15H12ClN3O3S/c1-10(20)18-12-3-2-4-13(7-12)19-23(21,22)14-6-5-11(9-17)15(16)8-14/h2-8,19H,1H3,(H,18,20). The lowest BCUT2D eigenvalue weighted by Crippen LogP contribution is -2.13. The van der Waals surface area contributed by atoms with Crippen molar-refractivity contribution in [3.05, 3.63) is 53.1 Å². The number of amides is 1. The summed E-state index contributed by atoms with van der Waals surface area (Å²) in [6.07, 6.45) is 0. The van der Waals surface area contributed by atoms with E-state index in [1.54, 1.807) is 18.2 Å². The van der Waals surface area contributed by atoms with Crippen LogP contribution in [0.15, 0.2) is 47.4 Å². The monoisotopic (exact) mass is 349 g/mol. The van der Waals surface area contributed by atoms with E-state index in [2.05, 4.69) is 10.0 Å². The lowest BCUT2D eigenvalue weighted by atomic mass is 10.2. The molecule has 0 aliphatic rings. The third-order valence-electron chi connectivity index (χ3n) is 2.81. The maximum absolute atomic E-state index is 12.3. The van der Waals surface area contributed by atoms with Crippen molar-refractivity contribution in [2.45, 2.75) is 11.8 Å². The van der Waals surface area contributed by atoms with Crippen molar-refractivity contribution in [3.8, 4) is 6.07 Å². The minimum absolute atomic E-state index is 0.0578. The zero-order valence-electron chi connectivity index (χ0n) is 12.0. The summed E-state index contributed by atoms with van der Waals surface area (Å²) in [7, 11) is -3.86. The maximum Gasteiger partial charge on any atom is 0.261 e. The normalized spacial score (nSPS) is 10.7. The molecule has 1 amide bonds. The Balaban J connectivity index is 2.30. The molecule has 118 valence electrons. The number of carbonyl (C=O) groups is 1. The Morgan fingerprint density at radius 1 is 1.17 bits per heavy atom. The van der Waals surface area contributed by atoms with E-state index >= 15 is 0 Å². The molecule has 0 bridgehead atoms. The van der Waals surface area contributed by atoms with Gasteiger partial charge in [0.1, 0.15) is 6.07 Å². The summed E-state index contributed by atoms with van der Waals surface area (Å²) in [6.45, 7) is 1.36. The fourth-order valence-electron chi connectivity index (χ4n) is 1.83. The second-order valence-corrected chi connectivity index (χ2v) is 6.71. The highest BCUT2D eigenvalue weighted by atomic mass is 35.5. The first kappa shape index (κ1) is 16.8. The SMILES string of the molecule is CC(=O)Nc1cccc(NS(=O)(=O)c2ccc(C#N)c(Cl)c2)c1. The van der Waals surface area contributed by atoms with Crippen LogP contribution >= 0.6 is 11.6 Å². The number of nitrogens with zero attached hydrogens (tertiary/aromatic N) is 1. The van der Waals surface area contributed by atoms with E-state index in [0.717, 1.165) is 0 Å². The van der Waals surface area contributed by atoms with Gasteiger partial charge in [0.2, 0.25) is 5.91 Å². The summed E-state index contributed by atoms with van der Waals surface area (Å²) in [4.78, 5) is 11.0. The van der Waals surface area contributed by atoms with Gasteiger partial charge in [0, 0.05) is 12.6 Å². The van der Waals surface area contributed by atoms with E-state index in [-0.39, 0.29) is 27.1 Å². The number of nitrogens with one attached hydrogen (secondary N) is 2. The summed E-state index contributed by atoms with van der Waals surface area (Å²) >= 11 is 5.86. The fourth-order valence-corrected chi connectivity index (χ4v) is 3.19. The molecule has 0 unspecified atom stereocenters. The highest BCUT2D eigenvalue weighted by Gasteiger charge is 2.16. The van der Waals surface area contributed by atoms with Gasteiger partial charge < -0.3 is 5.32 Å². The van der Waals surface area contributed by atoms with Gasteiger partial charge in [-0.15, -0.1) is 0 Å². The van der Waals surface area contributed by atoms with Gasteiger partial charge in [-0.3, -0.25) is 9.52 Å². The number of hydrogen-bond donors (Lipinski definition) is 2. The molecule has 0 saturated heterocycles. The predicted octanol–water partition coefficient (Wildman–Crippen LogP) is 2.97. The summed E-state index contributed by atoms with van der Waals surface area (Å²) in [5.74, 6) is -0.260. The number of sulfonamides is 1. The lowest BCUT2D eigenvalue weighted by Gasteiger charge is -2.10. The minimum atomic E-state index is -3.86. The molecular weight excluding hydrogens is 338 g/mol. The molecule has 2 rings (SSSR count). The predicted molar refractivity (Wildman–Crippen MR) is 87.7 cm³/mol. The Morgan fingerprint density at radius 2 is 1.87 bits per heavy atom. The lowest BCUT2D eigenvalue weighted by molar-refractivity contribution is -0.114. The third kappa shape index (κ3) is 4.22. The molecular formula is C15H12ClN3O3S. The first-order valence-electron chi connectivity index (χ1n) is 6.42. The van der Waals surface area contributed by atoms with Crippen LogP contribution in [-0.4, -0.2) is 14.3 Å². The molecule has 23 heavy (non-hydrogen) atoms. The van der Waals surface area contributed by atoms with Crippen molar-refractivity contribution < 1.29 is 13.2 Å². The highest BCUT2D eigenvalue weighted by molar-refractivity contribution is 7.92. The van der Waals surface area contributed by atoms with Gasteiger partial charge in [-0.2, -0.15) is 5.26 Å². The number of benzene rings is 2. The molecule has 0 spiro atoms. The molecule has 0 aromatic heterocycles. The van der Waals surface area contributed by atoms with E-state index in [4.69, 9.17) is 16.9 Å².